The quantitative estimate of drug-likeness (QED) is 0.0328. The fourth-order valence-corrected chi connectivity index (χ4v) is 5.93. The Bertz CT molecular complexity index is 1160. The lowest BCUT2D eigenvalue weighted by Gasteiger charge is -2.42. The van der Waals surface area contributed by atoms with Crippen molar-refractivity contribution in [3.63, 3.8) is 0 Å². The number of hydrogen-bond acceptors (Lipinski definition) is 14. The predicted molar refractivity (Wildman–Crippen MR) is 210 cm³/mol. The third-order valence-electron chi connectivity index (χ3n) is 9.31. The van der Waals surface area contributed by atoms with Crippen molar-refractivity contribution in [1.82, 2.24) is 0 Å². The van der Waals surface area contributed by atoms with E-state index in [2.05, 4.69) is 68.5 Å². The Labute approximate surface area is 333 Å². The second kappa shape index (κ2) is 30.7. The van der Waals surface area contributed by atoms with Gasteiger partial charge in [-0.15, -0.1) is 0 Å². The van der Waals surface area contributed by atoms with E-state index in [1.807, 2.05) is 6.08 Å². The number of aliphatic hydroxyl groups excluding tert-OH is 7. The standard InChI is InChI=1S/C42H70O14/c1-3-5-7-9-11-12-13-14-15-16-17-18-19-20-22-24-26-51-28-31(54-34(44)25-23-21-10-8-6-4-2)29-52-41-40(50)38(48)36(46)33(56-41)30-53-42-39(49)37(47)35(45)32(27-43)55-42/h5,7,11-12,14-15,17-18,20,22,31-33,35-43,45-50H,3-4,6,8-10,13,16,19,21,23-30H2,1-2H3/b7-5-,12-11-,15-14-,18-17-,22-20-. The molecule has 0 aromatic carbocycles. The average molecular weight is 799 g/mol. The van der Waals surface area contributed by atoms with E-state index in [4.69, 9.17) is 28.4 Å². The molecule has 0 aromatic rings. The van der Waals surface area contributed by atoms with Gasteiger partial charge in [0.25, 0.3) is 0 Å². The zero-order valence-corrected chi connectivity index (χ0v) is 33.3. The lowest BCUT2D eigenvalue weighted by Crippen LogP contribution is -2.61. The van der Waals surface area contributed by atoms with Crippen LogP contribution in [-0.4, -0.2) is 142 Å². The van der Waals surface area contributed by atoms with Crippen LogP contribution in [0.1, 0.15) is 97.3 Å². The summed E-state index contributed by atoms with van der Waals surface area (Å²) in [6.07, 6.45) is 16.5. The first-order valence-electron chi connectivity index (χ1n) is 20.4. The summed E-state index contributed by atoms with van der Waals surface area (Å²) in [5.41, 5.74) is 0. The fourth-order valence-electron chi connectivity index (χ4n) is 5.93. The van der Waals surface area contributed by atoms with Crippen LogP contribution < -0.4 is 0 Å². The van der Waals surface area contributed by atoms with Crippen LogP contribution in [0.25, 0.3) is 0 Å². The number of ether oxygens (including phenoxy) is 6. The molecular formula is C42H70O14. The topological polar surface area (TPSA) is 214 Å². The van der Waals surface area contributed by atoms with Crippen molar-refractivity contribution < 1.29 is 69.0 Å². The number of carbonyl (C=O) groups is 1. The lowest BCUT2D eigenvalue weighted by atomic mass is 9.98. The maximum atomic E-state index is 12.7. The summed E-state index contributed by atoms with van der Waals surface area (Å²) in [7, 11) is 0. The molecule has 2 fully saturated rings. The van der Waals surface area contributed by atoms with Gasteiger partial charge in [-0.3, -0.25) is 4.79 Å². The Balaban J connectivity index is 1.85. The highest BCUT2D eigenvalue weighted by Crippen LogP contribution is 2.26. The molecule has 14 heteroatoms. The van der Waals surface area contributed by atoms with Crippen molar-refractivity contribution in [2.24, 2.45) is 0 Å². The molecule has 0 bridgehead atoms. The summed E-state index contributed by atoms with van der Waals surface area (Å²) in [6, 6.07) is 0. The summed E-state index contributed by atoms with van der Waals surface area (Å²) in [5, 5.41) is 71.5. The minimum Gasteiger partial charge on any atom is -0.457 e. The van der Waals surface area contributed by atoms with Crippen LogP contribution in [-0.2, 0) is 33.2 Å². The van der Waals surface area contributed by atoms with Crippen LogP contribution in [0.3, 0.4) is 0 Å². The number of carbonyl (C=O) groups excluding carboxylic acids is 1. The summed E-state index contributed by atoms with van der Waals surface area (Å²) in [4.78, 5) is 12.7. The highest BCUT2D eigenvalue weighted by molar-refractivity contribution is 5.69. The molecule has 11 unspecified atom stereocenters. The second-order valence-corrected chi connectivity index (χ2v) is 14.1. The van der Waals surface area contributed by atoms with Gasteiger partial charge in [0, 0.05) is 6.42 Å². The molecule has 0 aliphatic carbocycles. The molecule has 2 heterocycles. The monoisotopic (exact) mass is 798 g/mol. The van der Waals surface area contributed by atoms with Gasteiger partial charge in [-0.05, 0) is 44.9 Å². The predicted octanol–water partition coefficient (Wildman–Crippen LogP) is 3.45. The molecule has 0 amide bonds. The first kappa shape index (κ1) is 49.8. The van der Waals surface area contributed by atoms with Crippen LogP contribution in [0.4, 0.5) is 0 Å². The zero-order chi connectivity index (χ0) is 41.0. The van der Waals surface area contributed by atoms with Crippen LogP contribution in [0.2, 0.25) is 0 Å². The Hall–Kier alpha value is -2.31. The van der Waals surface area contributed by atoms with Gasteiger partial charge in [0.1, 0.15) is 54.9 Å². The van der Waals surface area contributed by atoms with Crippen LogP contribution >= 0.6 is 0 Å². The summed E-state index contributed by atoms with van der Waals surface area (Å²) >= 11 is 0. The molecule has 11 atom stereocenters. The maximum Gasteiger partial charge on any atom is 0.306 e. The molecule has 56 heavy (non-hydrogen) atoms. The van der Waals surface area contributed by atoms with E-state index >= 15 is 0 Å². The van der Waals surface area contributed by atoms with Gasteiger partial charge in [0.05, 0.1) is 33.0 Å². The van der Waals surface area contributed by atoms with Gasteiger partial charge < -0.3 is 64.2 Å². The average Bonchev–Trinajstić information content (AvgIpc) is 3.19. The molecule has 322 valence electrons. The molecule has 0 spiro atoms. The van der Waals surface area contributed by atoms with Crippen LogP contribution in [0.5, 0.6) is 0 Å². The molecule has 0 aromatic heterocycles. The number of allylic oxidation sites excluding steroid dienone is 9. The van der Waals surface area contributed by atoms with E-state index in [0.717, 1.165) is 64.2 Å². The number of unbranched alkanes of at least 4 members (excludes halogenated alkanes) is 5. The number of hydrogen-bond donors (Lipinski definition) is 7. The lowest BCUT2D eigenvalue weighted by molar-refractivity contribution is -0.332. The molecule has 7 N–H and O–H groups in total. The Morgan fingerprint density at radius 3 is 1.71 bits per heavy atom. The highest BCUT2D eigenvalue weighted by Gasteiger charge is 2.47. The van der Waals surface area contributed by atoms with Crippen molar-refractivity contribution in [3.05, 3.63) is 60.8 Å². The first-order valence-corrected chi connectivity index (χ1v) is 20.4. The van der Waals surface area contributed by atoms with Crippen molar-refractivity contribution >= 4 is 5.97 Å². The minimum absolute atomic E-state index is 0.00455. The fraction of sp³-hybridized carbons (Fsp3) is 0.738. The van der Waals surface area contributed by atoms with E-state index in [9.17, 15) is 40.5 Å². The van der Waals surface area contributed by atoms with Crippen molar-refractivity contribution in [3.8, 4) is 0 Å². The van der Waals surface area contributed by atoms with E-state index in [0.29, 0.717) is 19.4 Å². The molecule has 2 rings (SSSR count). The summed E-state index contributed by atoms with van der Waals surface area (Å²) < 4.78 is 33.8. The summed E-state index contributed by atoms with van der Waals surface area (Å²) in [6.45, 7) is 3.22. The molecule has 14 nitrogen and oxygen atoms in total. The second-order valence-electron chi connectivity index (χ2n) is 14.1. The maximum absolute atomic E-state index is 12.7. The molecule has 0 saturated carbocycles. The van der Waals surface area contributed by atoms with Crippen LogP contribution in [0, 0.1) is 0 Å². The van der Waals surface area contributed by atoms with E-state index in [1.54, 1.807) is 0 Å². The molecular weight excluding hydrogens is 728 g/mol. The van der Waals surface area contributed by atoms with E-state index in [-0.39, 0.29) is 19.6 Å². The number of aliphatic hydroxyl groups is 7. The van der Waals surface area contributed by atoms with Crippen molar-refractivity contribution in [2.75, 3.05) is 33.0 Å². The SMILES string of the molecule is CC/C=C\C/C=C\C/C=C\C/C=C\C/C=C\CCOCC(COC1OC(COC2OC(CO)C(O)C(O)C2O)C(O)C(O)C1O)OC(=O)CCCCCCCC. The van der Waals surface area contributed by atoms with Gasteiger partial charge in [-0.2, -0.15) is 0 Å². The third-order valence-corrected chi connectivity index (χ3v) is 9.31. The molecule has 2 saturated heterocycles. The normalized spacial score (nSPS) is 29.4. The highest BCUT2D eigenvalue weighted by atomic mass is 16.7. The van der Waals surface area contributed by atoms with E-state index in [1.165, 1.54) is 0 Å². The Kier molecular flexibility index (Phi) is 27.3. The largest absolute Gasteiger partial charge is 0.457 e. The van der Waals surface area contributed by atoms with Crippen molar-refractivity contribution in [2.45, 2.75) is 165 Å². The van der Waals surface area contributed by atoms with Crippen LogP contribution in [0.15, 0.2) is 60.8 Å². The first-order chi connectivity index (χ1) is 27.1. The van der Waals surface area contributed by atoms with Gasteiger partial charge >= 0.3 is 5.97 Å². The molecule has 2 aliphatic rings. The molecule has 0 radical (unpaired) electrons. The zero-order valence-electron chi connectivity index (χ0n) is 33.3. The number of rotatable bonds is 29. The van der Waals surface area contributed by atoms with Crippen molar-refractivity contribution in [1.29, 1.82) is 0 Å². The summed E-state index contributed by atoms with van der Waals surface area (Å²) in [5.74, 6) is -0.415. The smallest absolute Gasteiger partial charge is 0.306 e. The Morgan fingerprint density at radius 2 is 1.12 bits per heavy atom. The van der Waals surface area contributed by atoms with Gasteiger partial charge in [-0.25, -0.2) is 0 Å². The molecule has 2 aliphatic heterocycles. The van der Waals surface area contributed by atoms with E-state index < -0.39 is 86.7 Å². The minimum atomic E-state index is -1.72. The van der Waals surface area contributed by atoms with Gasteiger partial charge in [0.2, 0.25) is 0 Å². The number of esters is 1. The Morgan fingerprint density at radius 1 is 0.607 bits per heavy atom. The van der Waals surface area contributed by atoms with Gasteiger partial charge in [-0.1, -0.05) is 107 Å². The van der Waals surface area contributed by atoms with Gasteiger partial charge in [0.15, 0.2) is 12.6 Å². The third kappa shape index (κ3) is 19.9.